The van der Waals surface area contributed by atoms with Crippen molar-refractivity contribution in [1.82, 2.24) is 9.80 Å². The lowest BCUT2D eigenvalue weighted by atomic mass is 9.72. The van der Waals surface area contributed by atoms with Gasteiger partial charge in [-0.1, -0.05) is 44.0 Å². The van der Waals surface area contributed by atoms with Gasteiger partial charge in [0.05, 0.1) is 5.56 Å². The van der Waals surface area contributed by atoms with Crippen molar-refractivity contribution < 1.29 is 27.6 Å². The molecule has 0 saturated carbocycles. The number of barbiturate groups is 1. The lowest BCUT2D eigenvalue weighted by molar-refractivity contribution is -0.159. The maximum Gasteiger partial charge on any atom is 0.416 e. The average molecular weight is 732 g/mol. The summed E-state index contributed by atoms with van der Waals surface area (Å²) in [6.45, 7) is 0.0107. The van der Waals surface area contributed by atoms with Gasteiger partial charge in [0.15, 0.2) is 11.9 Å². The number of benzene rings is 2. The molecule has 4 amide bonds. The molecule has 2 aromatic rings. The number of nitrogens with zero attached hydrogens (tertiary/aromatic N) is 4. The van der Waals surface area contributed by atoms with E-state index in [0.717, 1.165) is 21.9 Å². The van der Waals surface area contributed by atoms with Crippen molar-refractivity contribution in [3.8, 4) is 0 Å². The molecule has 0 unspecified atom stereocenters. The van der Waals surface area contributed by atoms with Crippen molar-refractivity contribution in [2.75, 3.05) is 26.2 Å². The molecule has 1 aliphatic heterocycles. The summed E-state index contributed by atoms with van der Waals surface area (Å²) in [6.07, 6.45) is -4.59. The molecule has 8 N–H and O–H groups in total. The molecule has 1 aliphatic rings. The van der Waals surface area contributed by atoms with Crippen molar-refractivity contribution in [1.29, 1.82) is 0 Å². The summed E-state index contributed by atoms with van der Waals surface area (Å²) in [4.78, 5) is 51.8. The zero-order chi connectivity index (χ0) is 31.9. The lowest BCUT2D eigenvalue weighted by Crippen LogP contribution is -2.66. The zero-order valence-corrected chi connectivity index (χ0v) is 26.1. The van der Waals surface area contributed by atoms with Gasteiger partial charge in [-0.15, -0.1) is 0 Å². The van der Waals surface area contributed by atoms with Crippen LogP contribution in [0.3, 0.4) is 0 Å². The number of urea groups is 1. The van der Waals surface area contributed by atoms with Gasteiger partial charge in [0.25, 0.3) is 0 Å². The zero-order valence-electron chi connectivity index (χ0n) is 22.9. The van der Waals surface area contributed by atoms with Crippen LogP contribution in [-0.2, 0) is 28.6 Å². The Labute approximate surface area is 262 Å². The van der Waals surface area contributed by atoms with E-state index in [-0.39, 0.29) is 63.8 Å². The molecule has 0 spiro atoms. The molecule has 1 heterocycles. The first-order valence-corrected chi connectivity index (χ1v) is 14.6. The van der Waals surface area contributed by atoms with Crippen LogP contribution in [0.4, 0.5) is 18.0 Å². The van der Waals surface area contributed by atoms with Crippen LogP contribution in [0.15, 0.2) is 61.4 Å². The Bertz CT molecular complexity index is 1340. The average Bonchev–Trinajstić information content (AvgIpc) is 2.90. The van der Waals surface area contributed by atoms with E-state index in [9.17, 15) is 27.6 Å². The van der Waals surface area contributed by atoms with E-state index in [1.807, 2.05) is 0 Å². The number of aliphatic imine (C=N–C) groups is 2. The fraction of sp³-hybridized carbons (Fsp3) is 0.370. The number of carbonyl (C=O) groups excluding carboxylic acids is 3. The number of rotatable bonds is 12. The summed E-state index contributed by atoms with van der Waals surface area (Å²) in [6, 6.07) is 8.62. The van der Waals surface area contributed by atoms with Crippen molar-refractivity contribution in [2.45, 2.75) is 31.9 Å². The smallest absolute Gasteiger partial charge is 0.370 e. The molecule has 232 valence electrons. The molecule has 11 nitrogen and oxygen atoms in total. The Hall–Kier alpha value is -3.66. The largest absolute Gasteiger partial charge is 0.416 e. The Morgan fingerprint density at radius 3 is 1.60 bits per heavy atom. The molecular formula is C27H31Br2F3N8O3. The molecule has 3 rings (SSSR count). The summed E-state index contributed by atoms with van der Waals surface area (Å²) in [7, 11) is 0. The quantitative estimate of drug-likeness (QED) is 0.112. The molecule has 0 bridgehead atoms. The number of guanidine groups is 2. The summed E-state index contributed by atoms with van der Waals surface area (Å²) in [5.41, 5.74) is 19.7. The number of alkyl halides is 3. The van der Waals surface area contributed by atoms with Crippen LogP contribution < -0.4 is 22.9 Å². The summed E-state index contributed by atoms with van der Waals surface area (Å²) in [5.74, 6) is -1.87. The predicted octanol–water partition coefficient (Wildman–Crippen LogP) is 3.12. The third-order valence-corrected chi connectivity index (χ3v) is 7.57. The van der Waals surface area contributed by atoms with E-state index in [0.29, 0.717) is 20.1 Å². The van der Waals surface area contributed by atoms with Gasteiger partial charge in [-0.3, -0.25) is 29.4 Å². The Kier molecular flexibility index (Phi) is 11.2. The lowest BCUT2D eigenvalue weighted by Gasteiger charge is -2.44. The second-order valence-corrected chi connectivity index (χ2v) is 11.8. The summed E-state index contributed by atoms with van der Waals surface area (Å²) < 4.78 is 41.1. The maximum absolute atomic E-state index is 14.3. The first-order chi connectivity index (χ1) is 20.1. The van der Waals surface area contributed by atoms with Crippen molar-refractivity contribution in [2.24, 2.45) is 38.3 Å². The van der Waals surface area contributed by atoms with Crippen LogP contribution in [0.25, 0.3) is 0 Å². The van der Waals surface area contributed by atoms with Crippen LogP contribution >= 0.6 is 31.9 Å². The number of nitrogens with two attached hydrogens (primary N) is 4. The number of carbonyl (C=O) groups is 3. The minimum absolute atomic E-state index is 0.108. The molecule has 0 aromatic heterocycles. The minimum atomic E-state index is -4.57. The van der Waals surface area contributed by atoms with Crippen LogP contribution in [0.2, 0.25) is 0 Å². The monoisotopic (exact) mass is 730 g/mol. The van der Waals surface area contributed by atoms with E-state index < -0.39 is 35.0 Å². The Morgan fingerprint density at radius 2 is 1.19 bits per heavy atom. The van der Waals surface area contributed by atoms with Crippen molar-refractivity contribution in [3.63, 3.8) is 0 Å². The molecular weight excluding hydrogens is 701 g/mol. The van der Waals surface area contributed by atoms with Crippen LogP contribution in [0.1, 0.15) is 29.5 Å². The summed E-state index contributed by atoms with van der Waals surface area (Å²) in [5, 5.41) is 0. The second-order valence-electron chi connectivity index (χ2n) is 9.92. The third kappa shape index (κ3) is 8.69. The van der Waals surface area contributed by atoms with Crippen molar-refractivity contribution in [3.05, 3.63) is 68.1 Å². The summed E-state index contributed by atoms with van der Waals surface area (Å²) >= 11 is 6.83. The van der Waals surface area contributed by atoms with E-state index in [1.165, 1.54) is 12.1 Å². The van der Waals surface area contributed by atoms with Gasteiger partial charge in [0, 0.05) is 35.1 Å². The highest BCUT2D eigenvalue weighted by atomic mass is 79.9. The van der Waals surface area contributed by atoms with Gasteiger partial charge >= 0.3 is 12.2 Å². The standard InChI is InChI=1S/C27H31Br2F3N8O3/c28-19-11-17(12-20(29)13-19)15-26(14-16-3-5-18(6-4-16)27(30,31)32)21(41)39(9-1-7-37-23(33)34)25(43)40(22(26)42)10-2-8-38-24(35)36/h3-6,11-13H,1-2,7-10,14-15H2,(H4,33,34,37)(H4,35,36,38). The highest BCUT2D eigenvalue weighted by Gasteiger charge is 2.57. The van der Waals surface area contributed by atoms with E-state index in [2.05, 4.69) is 41.8 Å². The molecule has 16 heteroatoms. The highest BCUT2D eigenvalue weighted by molar-refractivity contribution is 9.11. The molecule has 1 fully saturated rings. The number of hydrogen-bond donors (Lipinski definition) is 4. The number of imide groups is 2. The third-order valence-electron chi connectivity index (χ3n) is 6.65. The topological polar surface area (TPSA) is 186 Å². The molecule has 0 radical (unpaired) electrons. The van der Waals surface area contributed by atoms with Gasteiger partial charge in [0.2, 0.25) is 11.8 Å². The SMILES string of the molecule is NC(N)=NCCCN1C(=O)N(CCCN=C(N)N)C(=O)C(Cc2ccc(C(F)(F)F)cc2)(Cc2cc(Br)cc(Br)c2)C1=O. The van der Waals surface area contributed by atoms with Gasteiger partial charge < -0.3 is 22.9 Å². The van der Waals surface area contributed by atoms with E-state index >= 15 is 0 Å². The fourth-order valence-corrected chi connectivity index (χ4v) is 6.17. The number of hydrogen-bond acceptors (Lipinski definition) is 5. The fourth-order valence-electron chi connectivity index (χ4n) is 4.78. The van der Waals surface area contributed by atoms with Crippen LogP contribution in [0, 0.1) is 5.41 Å². The van der Waals surface area contributed by atoms with E-state index in [1.54, 1.807) is 18.2 Å². The highest BCUT2D eigenvalue weighted by Crippen LogP contribution is 2.39. The molecule has 2 aromatic carbocycles. The first kappa shape index (κ1) is 33.8. The van der Waals surface area contributed by atoms with Crippen LogP contribution in [-0.4, -0.2) is 65.7 Å². The number of halogens is 5. The maximum atomic E-state index is 14.3. The molecule has 0 aliphatic carbocycles. The van der Waals surface area contributed by atoms with E-state index in [4.69, 9.17) is 22.9 Å². The molecule has 0 atom stereocenters. The predicted molar refractivity (Wildman–Crippen MR) is 163 cm³/mol. The Balaban J connectivity index is 2.12. The normalized spacial score (nSPS) is 15.0. The number of amides is 4. The van der Waals surface area contributed by atoms with Crippen molar-refractivity contribution >= 4 is 61.6 Å². The van der Waals surface area contributed by atoms with Gasteiger partial charge in [0.1, 0.15) is 5.41 Å². The van der Waals surface area contributed by atoms with Crippen LogP contribution in [0.5, 0.6) is 0 Å². The Morgan fingerprint density at radius 1 is 0.744 bits per heavy atom. The minimum Gasteiger partial charge on any atom is -0.370 e. The first-order valence-electron chi connectivity index (χ1n) is 13.0. The molecule has 43 heavy (non-hydrogen) atoms. The van der Waals surface area contributed by atoms with Gasteiger partial charge in [-0.25, -0.2) is 4.79 Å². The van der Waals surface area contributed by atoms with Gasteiger partial charge in [-0.2, -0.15) is 13.2 Å². The molecule has 1 saturated heterocycles. The van der Waals surface area contributed by atoms with Gasteiger partial charge in [-0.05, 0) is 67.1 Å². The second kappa shape index (κ2) is 14.2.